The van der Waals surface area contributed by atoms with E-state index in [1.807, 2.05) is 0 Å². The first-order chi connectivity index (χ1) is 29.5. The molecule has 0 aliphatic carbocycles. The van der Waals surface area contributed by atoms with Crippen LogP contribution < -0.4 is 0 Å². The zero-order chi connectivity index (χ0) is 43.7. The summed E-state index contributed by atoms with van der Waals surface area (Å²) < 4.78 is 16.8. The van der Waals surface area contributed by atoms with Crippen LogP contribution in [0, 0.1) is 0 Å². The Bertz CT molecular complexity index is 973. The monoisotopic (exact) mass is 845 g/mol. The molecule has 0 N–H and O–H groups in total. The van der Waals surface area contributed by atoms with Gasteiger partial charge in [0.1, 0.15) is 13.2 Å². The van der Waals surface area contributed by atoms with Gasteiger partial charge >= 0.3 is 17.9 Å². The molecule has 0 saturated carbocycles. The molecule has 0 aromatic heterocycles. The predicted molar refractivity (Wildman–Crippen MR) is 256 cm³/mol. The molecule has 60 heavy (non-hydrogen) atoms. The molecule has 0 aliphatic rings. The second-order valence-electron chi connectivity index (χ2n) is 17.8. The first-order valence-electron chi connectivity index (χ1n) is 26.3. The Morgan fingerprint density at radius 1 is 0.317 bits per heavy atom. The van der Waals surface area contributed by atoms with Crippen LogP contribution in [0.5, 0.6) is 0 Å². The Kier molecular flexibility index (Phi) is 47.8. The lowest BCUT2D eigenvalue weighted by Crippen LogP contribution is -2.30. The Labute approximate surface area is 373 Å². The van der Waals surface area contributed by atoms with Crippen molar-refractivity contribution in [2.24, 2.45) is 0 Å². The van der Waals surface area contributed by atoms with Crippen LogP contribution in [0.15, 0.2) is 24.3 Å². The minimum atomic E-state index is -0.775. The topological polar surface area (TPSA) is 78.9 Å². The molecular weight excluding hydrogens is 745 g/mol. The number of ether oxygens (including phenoxy) is 3. The van der Waals surface area contributed by atoms with Gasteiger partial charge in [-0.25, -0.2) is 0 Å². The van der Waals surface area contributed by atoms with E-state index in [1.165, 1.54) is 173 Å². The summed E-state index contributed by atoms with van der Waals surface area (Å²) in [6.45, 7) is 6.63. The molecule has 0 aromatic carbocycles. The van der Waals surface area contributed by atoms with E-state index in [0.29, 0.717) is 19.3 Å². The van der Waals surface area contributed by atoms with Crippen molar-refractivity contribution in [3.05, 3.63) is 24.3 Å². The molecule has 0 aliphatic heterocycles. The van der Waals surface area contributed by atoms with Gasteiger partial charge in [-0.3, -0.25) is 14.4 Å². The van der Waals surface area contributed by atoms with Crippen LogP contribution in [0.2, 0.25) is 0 Å². The summed E-state index contributed by atoms with van der Waals surface area (Å²) in [4.78, 5) is 37.9. The van der Waals surface area contributed by atoms with Gasteiger partial charge in [0.05, 0.1) is 0 Å². The molecule has 0 saturated heterocycles. The van der Waals surface area contributed by atoms with E-state index in [9.17, 15) is 14.4 Å². The van der Waals surface area contributed by atoms with Crippen molar-refractivity contribution in [3.8, 4) is 0 Å². The summed E-state index contributed by atoms with van der Waals surface area (Å²) >= 11 is 0. The minimum Gasteiger partial charge on any atom is -0.462 e. The summed E-state index contributed by atoms with van der Waals surface area (Å²) in [6, 6.07) is 0. The van der Waals surface area contributed by atoms with Crippen molar-refractivity contribution in [1.29, 1.82) is 0 Å². The van der Waals surface area contributed by atoms with Crippen LogP contribution in [0.25, 0.3) is 0 Å². The van der Waals surface area contributed by atoms with E-state index in [2.05, 4.69) is 45.1 Å². The van der Waals surface area contributed by atoms with Gasteiger partial charge in [0, 0.05) is 19.3 Å². The Balaban J connectivity index is 4.34. The third-order valence-electron chi connectivity index (χ3n) is 11.7. The Hall–Kier alpha value is -2.11. The molecule has 0 radical (unpaired) electrons. The number of carbonyl (C=O) groups is 3. The maximum absolute atomic E-state index is 12.8. The van der Waals surface area contributed by atoms with Crippen LogP contribution in [-0.4, -0.2) is 37.2 Å². The van der Waals surface area contributed by atoms with E-state index in [0.717, 1.165) is 70.6 Å². The second-order valence-corrected chi connectivity index (χ2v) is 17.8. The van der Waals surface area contributed by atoms with Crippen molar-refractivity contribution in [2.75, 3.05) is 13.2 Å². The fourth-order valence-corrected chi connectivity index (χ4v) is 7.67. The van der Waals surface area contributed by atoms with E-state index in [-0.39, 0.29) is 31.1 Å². The zero-order valence-electron chi connectivity index (χ0n) is 40.2. The molecule has 0 rings (SSSR count). The number of carbonyl (C=O) groups excluding carboxylic acids is 3. The second kappa shape index (κ2) is 49.5. The van der Waals surface area contributed by atoms with Gasteiger partial charge in [-0.15, -0.1) is 0 Å². The molecule has 1 unspecified atom stereocenters. The molecule has 1 atom stereocenters. The van der Waals surface area contributed by atoms with Gasteiger partial charge in [-0.2, -0.15) is 0 Å². The van der Waals surface area contributed by atoms with E-state index < -0.39 is 6.10 Å². The molecule has 352 valence electrons. The first-order valence-corrected chi connectivity index (χ1v) is 26.3. The SMILES string of the molecule is CCCCCCCC/C=C\CCCCCCCCCC(=O)OCC(COC(=O)CCCCCCCCCCCCC)OC(=O)CCCCC/C=C\CCCCCCCCC. The highest BCUT2D eigenvalue weighted by Crippen LogP contribution is 2.15. The summed E-state index contributed by atoms with van der Waals surface area (Å²) in [6.07, 6.45) is 55.9. The van der Waals surface area contributed by atoms with Crippen LogP contribution in [0.1, 0.15) is 284 Å². The fraction of sp³-hybridized carbons (Fsp3) is 0.870. The Morgan fingerprint density at radius 3 is 0.850 bits per heavy atom. The van der Waals surface area contributed by atoms with Gasteiger partial charge in [0.2, 0.25) is 0 Å². The molecule has 0 bridgehead atoms. The molecule has 0 fully saturated rings. The van der Waals surface area contributed by atoms with Crippen molar-refractivity contribution in [2.45, 2.75) is 290 Å². The largest absolute Gasteiger partial charge is 0.462 e. The third kappa shape index (κ3) is 46.9. The maximum Gasteiger partial charge on any atom is 0.306 e. The summed E-state index contributed by atoms with van der Waals surface area (Å²) in [5.41, 5.74) is 0. The third-order valence-corrected chi connectivity index (χ3v) is 11.7. The fourth-order valence-electron chi connectivity index (χ4n) is 7.67. The number of hydrogen-bond donors (Lipinski definition) is 0. The van der Waals surface area contributed by atoms with Gasteiger partial charge < -0.3 is 14.2 Å². The van der Waals surface area contributed by atoms with Gasteiger partial charge in [0.15, 0.2) is 6.10 Å². The van der Waals surface area contributed by atoms with Crippen LogP contribution in [0.4, 0.5) is 0 Å². The van der Waals surface area contributed by atoms with Gasteiger partial charge in [-0.1, -0.05) is 218 Å². The van der Waals surface area contributed by atoms with Crippen molar-refractivity contribution < 1.29 is 28.6 Å². The van der Waals surface area contributed by atoms with E-state index in [1.54, 1.807) is 0 Å². The van der Waals surface area contributed by atoms with Crippen molar-refractivity contribution in [3.63, 3.8) is 0 Å². The minimum absolute atomic E-state index is 0.0751. The first kappa shape index (κ1) is 57.9. The lowest BCUT2D eigenvalue weighted by Gasteiger charge is -2.18. The number of rotatable bonds is 48. The highest BCUT2D eigenvalue weighted by molar-refractivity contribution is 5.71. The lowest BCUT2D eigenvalue weighted by molar-refractivity contribution is -0.167. The zero-order valence-corrected chi connectivity index (χ0v) is 40.2. The maximum atomic E-state index is 12.8. The predicted octanol–water partition coefficient (Wildman–Crippen LogP) is 17.2. The van der Waals surface area contributed by atoms with Gasteiger partial charge in [0.25, 0.3) is 0 Å². The highest BCUT2D eigenvalue weighted by atomic mass is 16.6. The van der Waals surface area contributed by atoms with E-state index in [4.69, 9.17) is 14.2 Å². The van der Waals surface area contributed by atoms with Crippen LogP contribution >= 0.6 is 0 Å². The average Bonchev–Trinajstić information content (AvgIpc) is 3.24. The standard InChI is InChI=1S/C54H100O6/c1-4-7-10-13-16-19-22-24-26-27-28-30-32-35-38-41-44-47-53(56)59-50-51(49-58-52(55)46-43-40-37-34-31-21-18-15-12-9-6-3)60-54(57)48-45-42-39-36-33-29-25-23-20-17-14-11-8-5-2/h24,26,29,33,51H,4-23,25,27-28,30-32,34-50H2,1-3H3/b26-24-,33-29-. The van der Waals surface area contributed by atoms with Crippen LogP contribution in [-0.2, 0) is 28.6 Å². The number of allylic oxidation sites excluding steroid dienone is 4. The molecule has 0 spiro atoms. The van der Waals surface area contributed by atoms with E-state index >= 15 is 0 Å². The summed E-state index contributed by atoms with van der Waals surface area (Å²) in [5.74, 6) is -0.884. The van der Waals surface area contributed by atoms with Gasteiger partial charge in [-0.05, 0) is 70.6 Å². The molecule has 0 heterocycles. The van der Waals surface area contributed by atoms with Crippen molar-refractivity contribution >= 4 is 17.9 Å². The number of hydrogen-bond acceptors (Lipinski definition) is 6. The highest BCUT2D eigenvalue weighted by Gasteiger charge is 2.19. The summed E-state index contributed by atoms with van der Waals surface area (Å²) in [5, 5.41) is 0. The molecule has 6 heteroatoms. The quantitative estimate of drug-likeness (QED) is 0.0263. The smallest absolute Gasteiger partial charge is 0.306 e. The average molecular weight is 845 g/mol. The molecule has 0 aromatic rings. The molecule has 0 amide bonds. The summed E-state index contributed by atoms with van der Waals surface area (Å²) in [7, 11) is 0. The lowest BCUT2D eigenvalue weighted by atomic mass is 10.1. The molecular formula is C54H100O6. The number of esters is 3. The Morgan fingerprint density at radius 2 is 0.550 bits per heavy atom. The number of unbranched alkanes of at least 4 members (excludes halogenated alkanes) is 33. The van der Waals surface area contributed by atoms with Crippen molar-refractivity contribution in [1.82, 2.24) is 0 Å². The van der Waals surface area contributed by atoms with Crippen LogP contribution in [0.3, 0.4) is 0 Å². The normalized spacial score (nSPS) is 12.1. The molecule has 6 nitrogen and oxygen atoms in total.